The van der Waals surface area contributed by atoms with Gasteiger partial charge in [-0.3, -0.25) is 4.90 Å². The van der Waals surface area contributed by atoms with Crippen molar-refractivity contribution in [3.8, 4) is 0 Å². The Labute approximate surface area is 103 Å². The number of rotatable bonds is 4. The lowest BCUT2D eigenvalue weighted by atomic mass is 10.0. The second-order valence-corrected chi connectivity index (χ2v) is 4.66. The van der Waals surface area contributed by atoms with Gasteiger partial charge in [-0.05, 0) is 30.7 Å². The molecule has 1 aliphatic rings. The van der Waals surface area contributed by atoms with Crippen LogP contribution in [0.15, 0.2) is 24.3 Å². The van der Waals surface area contributed by atoms with E-state index in [0.717, 1.165) is 26.2 Å². The van der Waals surface area contributed by atoms with Gasteiger partial charge in [0, 0.05) is 25.7 Å². The molecule has 2 rings (SSSR count). The lowest BCUT2D eigenvalue weighted by Gasteiger charge is -2.36. The number of benzene rings is 1. The minimum Gasteiger partial charge on any atom is -0.314 e. The monoisotopic (exact) mass is 236 g/mol. The van der Waals surface area contributed by atoms with Crippen LogP contribution in [-0.4, -0.2) is 31.1 Å². The molecule has 0 aromatic heterocycles. The van der Waals surface area contributed by atoms with Crippen LogP contribution in [0.1, 0.15) is 31.4 Å². The van der Waals surface area contributed by atoms with E-state index in [1.165, 1.54) is 18.4 Å². The van der Waals surface area contributed by atoms with E-state index in [1.54, 1.807) is 12.1 Å². The summed E-state index contributed by atoms with van der Waals surface area (Å²) in [6.45, 7) is 6.47. The molecule has 0 amide bonds. The van der Waals surface area contributed by atoms with Crippen molar-refractivity contribution in [2.45, 2.75) is 25.8 Å². The summed E-state index contributed by atoms with van der Waals surface area (Å²) in [5, 5.41) is 3.42. The Morgan fingerprint density at radius 1 is 1.35 bits per heavy atom. The molecule has 1 aliphatic heterocycles. The fourth-order valence-electron chi connectivity index (χ4n) is 2.39. The molecule has 0 radical (unpaired) electrons. The third-order valence-electron chi connectivity index (χ3n) is 3.41. The van der Waals surface area contributed by atoms with Crippen LogP contribution in [-0.2, 0) is 0 Å². The Bertz CT molecular complexity index is 337. The molecule has 2 nitrogen and oxygen atoms in total. The molecule has 0 aliphatic carbocycles. The number of nitrogens with one attached hydrogen (secondary N) is 1. The highest BCUT2D eigenvalue weighted by molar-refractivity contribution is 5.21. The van der Waals surface area contributed by atoms with Gasteiger partial charge in [-0.2, -0.15) is 0 Å². The van der Waals surface area contributed by atoms with Gasteiger partial charge < -0.3 is 5.32 Å². The zero-order valence-corrected chi connectivity index (χ0v) is 10.5. The Hall–Kier alpha value is -0.930. The molecule has 1 atom stereocenters. The largest absolute Gasteiger partial charge is 0.314 e. The highest BCUT2D eigenvalue weighted by atomic mass is 19.1. The first-order valence-electron chi connectivity index (χ1n) is 6.51. The first-order chi connectivity index (χ1) is 8.31. The number of unbranched alkanes of at least 4 members (excludes halogenated alkanes) is 1. The molecule has 1 aromatic rings. The average Bonchev–Trinajstić information content (AvgIpc) is 2.38. The van der Waals surface area contributed by atoms with Crippen molar-refractivity contribution in [3.63, 3.8) is 0 Å². The molecular weight excluding hydrogens is 215 g/mol. The smallest absolute Gasteiger partial charge is 0.123 e. The maximum Gasteiger partial charge on any atom is 0.123 e. The zero-order chi connectivity index (χ0) is 12.1. The van der Waals surface area contributed by atoms with Gasteiger partial charge in [0.2, 0.25) is 0 Å². The predicted molar refractivity (Wildman–Crippen MR) is 68.5 cm³/mol. The Morgan fingerprint density at radius 3 is 2.82 bits per heavy atom. The highest BCUT2D eigenvalue weighted by Crippen LogP contribution is 2.22. The molecule has 0 spiro atoms. The molecule has 1 saturated heterocycles. The van der Waals surface area contributed by atoms with E-state index in [2.05, 4.69) is 17.1 Å². The normalized spacial score (nSPS) is 21.6. The van der Waals surface area contributed by atoms with Crippen LogP contribution < -0.4 is 5.32 Å². The molecule has 1 heterocycles. The topological polar surface area (TPSA) is 15.3 Å². The van der Waals surface area contributed by atoms with Crippen LogP contribution in [0, 0.1) is 5.82 Å². The molecule has 1 N–H and O–H groups in total. The van der Waals surface area contributed by atoms with Gasteiger partial charge in [0.1, 0.15) is 5.82 Å². The van der Waals surface area contributed by atoms with Crippen molar-refractivity contribution in [3.05, 3.63) is 35.6 Å². The molecule has 0 saturated carbocycles. The maximum atomic E-state index is 12.9. The standard InChI is InChI=1S/C14H21FN2/c1-2-3-9-17-10-8-16-11-14(17)12-4-6-13(15)7-5-12/h4-7,14,16H,2-3,8-11H2,1H3. The Balaban J connectivity index is 2.07. The summed E-state index contributed by atoms with van der Waals surface area (Å²) in [5.74, 6) is -0.155. The molecule has 94 valence electrons. The molecule has 1 aromatic carbocycles. The van der Waals surface area contributed by atoms with Gasteiger partial charge in [-0.25, -0.2) is 4.39 Å². The molecule has 1 unspecified atom stereocenters. The zero-order valence-electron chi connectivity index (χ0n) is 10.5. The van der Waals surface area contributed by atoms with E-state index < -0.39 is 0 Å². The van der Waals surface area contributed by atoms with E-state index in [-0.39, 0.29) is 5.82 Å². The van der Waals surface area contributed by atoms with Crippen molar-refractivity contribution in [2.24, 2.45) is 0 Å². The summed E-state index contributed by atoms with van der Waals surface area (Å²) in [4.78, 5) is 2.51. The first-order valence-corrected chi connectivity index (χ1v) is 6.51. The van der Waals surface area contributed by atoms with E-state index >= 15 is 0 Å². The second kappa shape index (κ2) is 6.12. The second-order valence-electron chi connectivity index (χ2n) is 4.66. The van der Waals surface area contributed by atoms with E-state index in [0.29, 0.717) is 6.04 Å². The summed E-state index contributed by atoms with van der Waals surface area (Å²) in [6.07, 6.45) is 2.46. The number of halogens is 1. The fourth-order valence-corrected chi connectivity index (χ4v) is 2.39. The van der Waals surface area contributed by atoms with Crippen LogP contribution in [0.5, 0.6) is 0 Å². The summed E-state index contributed by atoms with van der Waals surface area (Å²) in [5.41, 5.74) is 1.22. The van der Waals surface area contributed by atoms with Crippen molar-refractivity contribution in [1.29, 1.82) is 0 Å². The predicted octanol–water partition coefficient (Wildman–Crippen LogP) is 2.57. The number of hydrogen-bond donors (Lipinski definition) is 1. The van der Waals surface area contributed by atoms with E-state index in [4.69, 9.17) is 0 Å². The van der Waals surface area contributed by atoms with Crippen molar-refractivity contribution in [2.75, 3.05) is 26.2 Å². The number of nitrogens with zero attached hydrogens (tertiary/aromatic N) is 1. The van der Waals surface area contributed by atoms with Crippen LogP contribution in [0.25, 0.3) is 0 Å². The fraction of sp³-hybridized carbons (Fsp3) is 0.571. The van der Waals surface area contributed by atoms with E-state index in [1.807, 2.05) is 12.1 Å². The number of hydrogen-bond acceptors (Lipinski definition) is 2. The Kier molecular flexibility index (Phi) is 4.51. The average molecular weight is 236 g/mol. The van der Waals surface area contributed by atoms with Gasteiger partial charge in [0.05, 0.1) is 0 Å². The van der Waals surface area contributed by atoms with Crippen molar-refractivity contribution >= 4 is 0 Å². The summed E-state index contributed by atoms with van der Waals surface area (Å²) in [7, 11) is 0. The lowest BCUT2D eigenvalue weighted by Crippen LogP contribution is -2.46. The molecule has 1 fully saturated rings. The molecule has 17 heavy (non-hydrogen) atoms. The minimum absolute atomic E-state index is 0.155. The third kappa shape index (κ3) is 3.27. The summed E-state index contributed by atoms with van der Waals surface area (Å²) in [6, 6.07) is 7.33. The van der Waals surface area contributed by atoms with Gasteiger partial charge in [0.15, 0.2) is 0 Å². The lowest BCUT2D eigenvalue weighted by molar-refractivity contribution is 0.160. The third-order valence-corrected chi connectivity index (χ3v) is 3.41. The summed E-state index contributed by atoms with van der Waals surface area (Å²) < 4.78 is 12.9. The Morgan fingerprint density at radius 2 is 2.12 bits per heavy atom. The van der Waals surface area contributed by atoms with Gasteiger partial charge >= 0.3 is 0 Å². The van der Waals surface area contributed by atoms with Crippen molar-refractivity contribution < 1.29 is 4.39 Å². The van der Waals surface area contributed by atoms with Crippen molar-refractivity contribution in [1.82, 2.24) is 10.2 Å². The highest BCUT2D eigenvalue weighted by Gasteiger charge is 2.22. The van der Waals surface area contributed by atoms with E-state index in [9.17, 15) is 4.39 Å². The number of piperazine rings is 1. The van der Waals surface area contributed by atoms with Gasteiger partial charge in [0.25, 0.3) is 0 Å². The molecule has 3 heteroatoms. The van der Waals surface area contributed by atoms with Gasteiger partial charge in [-0.15, -0.1) is 0 Å². The SMILES string of the molecule is CCCCN1CCNCC1c1ccc(F)cc1. The van der Waals surface area contributed by atoms with Crippen LogP contribution in [0.2, 0.25) is 0 Å². The quantitative estimate of drug-likeness (QED) is 0.864. The molecular formula is C14H21FN2. The minimum atomic E-state index is -0.155. The maximum absolute atomic E-state index is 12.9. The summed E-state index contributed by atoms with van der Waals surface area (Å²) >= 11 is 0. The first kappa shape index (κ1) is 12.5. The molecule has 0 bridgehead atoms. The van der Waals surface area contributed by atoms with Crippen LogP contribution in [0.3, 0.4) is 0 Å². The van der Waals surface area contributed by atoms with Crippen LogP contribution in [0.4, 0.5) is 4.39 Å². The van der Waals surface area contributed by atoms with Crippen LogP contribution >= 0.6 is 0 Å². The van der Waals surface area contributed by atoms with Gasteiger partial charge in [-0.1, -0.05) is 25.5 Å².